The lowest BCUT2D eigenvalue weighted by Gasteiger charge is -2.23. The molecule has 1 aliphatic heterocycles. The zero-order valence-electron chi connectivity index (χ0n) is 21.2. The summed E-state index contributed by atoms with van der Waals surface area (Å²) in [5.74, 6) is 1.08. The highest BCUT2D eigenvalue weighted by Crippen LogP contribution is 2.31. The number of methoxy groups -OCH3 is 2. The minimum absolute atomic E-state index is 0.00822. The number of amides is 1. The summed E-state index contributed by atoms with van der Waals surface area (Å²) in [6.45, 7) is 1.66. The molecule has 0 aliphatic carbocycles. The van der Waals surface area contributed by atoms with Crippen LogP contribution >= 0.6 is 0 Å². The van der Waals surface area contributed by atoms with Crippen LogP contribution in [0.4, 0.5) is 13.2 Å². The van der Waals surface area contributed by atoms with Gasteiger partial charge in [-0.15, -0.1) is 0 Å². The van der Waals surface area contributed by atoms with Gasteiger partial charge in [0, 0.05) is 31.8 Å². The van der Waals surface area contributed by atoms with Crippen LogP contribution in [0.5, 0.6) is 11.5 Å². The summed E-state index contributed by atoms with van der Waals surface area (Å²) in [5, 5.41) is 2.80. The van der Waals surface area contributed by atoms with Gasteiger partial charge in [-0.05, 0) is 42.7 Å². The van der Waals surface area contributed by atoms with Gasteiger partial charge in [-0.25, -0.2) is 4.98 Å². The van der Waals surface area contributed by atoms with Crippen LogP contribution < -0.4 is 14.8 Å². The first kappa shape index (κ1) is 27.5. The van der Waals surface area contributed by atoms with Crippen LogP contribution in [0.3, 0.4) is 0 Å². The van der Waals surface area contributed by atoms with Gasteiger partial charge in [0.05, 0.1) is 32.4 Å². The standard InChI is InChI=1S/C27H30F3N3O5/c1-35-21-8-9-24(36-2)19(12-21)15-33(14-18-5-3-6-20(11-18)27(28,29)30)16-25-32-23(17-38-25)26(34)31-13-22-7-4-10-37-22/h3,5-6,8-9,11-12,17,22H,4,7,10,13-16H2,1-2H3,(H,31,34)/t22-/m1/s1. The van der Waals surface area contributed by atoms with Crippen molar-refractivity contribution in [2.24, 2.45) is 0 Å². The molecule has 4 rings (SSSR count). The summed E-state index contributed by atoms with van der Waals surface area (Å²) in [6.07, 6.45) is -1.33. The quantitative estimate of drug-likeness (QED) is 0.378. The Morgan fingerprint density at radius 3 is 2.68 bits per heavy atom. The fourth-order valence-corrected chi connectivity index (χ4v) is 4.30. The first-order chi connectivity index (χ1) is 18.2. The maximum atomic E-state index is 13.3. The molecule has 2 heterocycles. The highest BCUT2D eigenvalue weighted by Gasteiger charge is 2.30. The van der Waals surface area contributed by atoms with Gasteiger partial charge in [0.1, 0.15) is 17.8 Å². The predicted molar refractivity (Wildman–Crippen MR) is 132 cm³/mol. The van der Waals surface area contributed by atoms with Crippen LogP contribution in [0.15, 0.2) is 53.1 Å². The number of halogens is 3. The molecule has 1 saturated heterocycles. The lowest BCUT2D eigenvalue weighted by molar-refractivity contribution is -0.137. The summed E-state index contributed by atoms with van der Waals surface area (Å²) >= 11 is 0. The molecule has 1 atom stereocenters. The van der Waals surface area contributed by atoms with E-state index >= 15 is 0 Å². The Morgan fingerprint density at radius 1 is 1.13 bits per heavy atom. The van der Waals surface area contributed by atoms with Gasteiger partial charge in [0.2, 0.25) is 5.89 Å². The number of rotatable bonds is 11. The van der Waals surface area contributed by atoms with Crippen LogP contribution in [0.25, 0.3) is 0 Å². The highest BCUT2D eigenvalue weighted by molar-refractivity contribution is 5.91. The number of carbonyl (C=O) groups excluding carboxylic acids is 1. The van der Waals surface area contributed by atoms with Gasteiger partial charge in [0.15, 0.2) is 5.69 Å². The number of hydrogen-bond acceptors (Lipinski definition) is 7. The van der Waals surface area contributed by atoms with Gasteiger partial charge in [-0.1, -0.05) is 18.2 Å². The maximum absolute atomic E-state index is 13.3. The third kappa shape index (κ3) is 7.26. The van der Waals surface area contributed by atoms with Crippen LogP contribution in [-0.4, -0.2) is 49.3 Å². The van der Waals surface area contributed by atoms with Crippen molar-refractivity contribution in [2.45, 2.75) is 44.8 Å². The Hall–Kier alpha value is -3.57. The minimum Gasteiger partial charge on any atom is -0.497 e. The second kappa shape index (κ2) is 12.3. The maximum Gasteiger partial charge on any atom is 0.416 e. The molecule has 2 aromatic carbocycles. The molecule has 8 nitrogen and oxygen atoms in total. The Kier molecular flexibility index (Phi) is 8.90. The van der Waals surface area contributed by atoms with Gasteiger partial charge < -0.3 is 23.9 Å². The van der Waals surface area contributed by atoms with Crippen LogP contribution in [0.2, 0.25) is 0 Å². The van der Waals surface area contributed by atoms with Crippen LogP contribution in [-0.2, 0) is 30.5 Å². The smallest absolute Gasteiger partial charge is 0.416 e. The van der Waals surface area contributed by atoms with Crippen molar-refractivity contribution < 1.29 is 36.6 Å². The normalized spacial score (nSPS) is 15.6. The Morgan fingerprint density at radius 2 is 1.97 bits per heavy atom. The lowest BCUT2D eigenvalue weighted by Crippen LogP contribution is -2.32. The van der Waals surface area contributed by atoms with Gasteiger partial charge >= 0.3 is 6.18 Å². The largest absolute Gasteiger partial charge is 0.497 e. The monoisotopic (exact) mass is 533 g/mol. The number of carbonyl (C=O) groups is 1. The average Bonchev–Trinajstić information content (AvgIpc) is 3.59. The Balaban J connectivity index is 1.53. The molecule has 1 aromatic heterocycles. The SMILES string of the molecule is COc1ccc(OC)c(CN(Cc2cccc(C(F)(F)F)c2)Cc2nc(C(=O)NC[C@H]3CCCO3)co2)c1. The number of ether oxygens (including phenoxy) is 3. The second-order valence-electron chi connectivity index (χ2n) is 8.99. The van der Waals surface area contributed by atoms with E-state index in [1.165, 1.54) is 19.4 Å². The molecule has 0 unspecified atom stereocenters. The molecule has 11 heteroatoms. The highest BCUT2D eigenvalue weighted by atomic mass is 19.4. The molecule has 1 amide bonds. The molecule has 1 N–H and O–H groups in total. The molecule has 204 valence electrons. The summed E-state index contributed by atoms with van der Waals surface area (Å²) < 4.78 is 61.8. The number of hydrogen-bond donors (Lipinski definition) is 1. The fourth-order valence-electron chi connectivity index (χ4n) is 4.30. The van der Waals surface area contributed by atoms with E-state index in [-0.39, 0.29) is 36.7 Å². The van der Waals surface area contributed by atoms with Crippen molar-refractivity contribution in [3.63, 3.8) is 0 Å². The number of aromatic nitrogens is 1. The first-order valence-electron chi connectivity index (χ1n) is 12.2. The Labute approximate surface area is 218 Å². The summed E-state index contributed by atoms with van der Waals surface area (Å²) in [4.78, 5) is 18.7. The second-order valence-corrected chi connectivity index (χ2v) is 8.99. The van der Waals surface area contributed by atoms with Crippen molar-refractivity contribution in [1.29, 1.82) is 0 Å². The number of nitrogens with one attached hydrogen (secondary N) is 1. The van der Waals surface area contributed by atoms with E-state index in [4.69, 9.17) is 18.6 Å². The van der Waals surface area contributed by atoms with Crippen molar-refractivity contribution in [1.82, 2.24) is 15.2 Å². The van der Waals surface area contributed by atoms with E-state index < -0.39 is 11.7 Å². The summed E-state index contributed by atoms with van der Waals surface area (Å²) in [5.41, 5.74) is 0.619. The molecule has 0 radical (unpaired) electrons. The minimum atomic E-state index is -4.45. The molecular weight excluding hydrogens is 503 g/mol. The molecular formula is C27H30F3N3O5. The zero-order valence-corrected chi connectivity index (χ0v) is 21.2. The van der Waals surface area contributed by atoms with Crippen LogP contribution in [0, 0.1) is 0 Å². The van der Waals surface area contributed by atoms with E-state index in [9.17, 15) is 18.0 Å². The molecule has 3 aromatic rings. The Bertz CT molecular complexity index is 1220. The average molecular weight is 534 g/mol. The number of benzene rings is 2. The van der Waals surface area contributed by atoms with E-state index in [2.05, 4.69) is 10.3 Å². The summed E-state index contributed by atoms with van der Waals surface area (Å²) in [7, 11) is 3.09. The summed E-state index contributed by atoms with van der Waals surface area (Å²) in [6, 6.07) is 10.5. The van der Waals surface area contributed by atoms with Crippen molar-refractivity contribution in [3.05, 3.63) is 77.0 Å². The first-order valence-corrected chi connectivity index (χ1v) is 12.2. The van der Waals surface area contributed by atoms with Gasteiger partial charge in [-0.2, -0.15) is 13.2 Å². The molecule has 0 spiro atoms. The van der Waals surface area contributed by atoms with E-state index in [1.54, 1.807) is 31.4 Å². The van der Waals surface area contributed by atoms with Crippen LogP contribution in [0.1, 0.15) is 45.9 Å². The third-order valence-corrected chi connectivity index (χ3v) is 6.20. The number of oxazole rings is 1. The van der Waals surface area contributed by atoms with Crippen molar-refractivity contribution >= 4 is 5.91 Å². The van der Waals surface area contributed by atoms with Crippen molar-refractivity contribution in [3.8, 4) is 11.5 Å². The molecule has 0 saturated carbocycles. The molecule has 0 bridgehead atoms. The number of alkyl halides is 3. The zero-order chi connectivity index (χ0) is 27.1. The topological polar surface area (TPSA) is 86.1 Å². The van der Waals surface area contributed by atoms with Crippen molar-refractivity contribution in [2.75, 3.05) is 27.4 Å². The van der Waals surface area contributed by atoms with Gasteiger partial charge in [-0.3, -0.25) is 9.69 Å². The third-order valence-electron chi connectivity index (χ3n) is 6.20. The number of nitrogens with zero attached hydrogens (tertiary/aromatic N) is 2. The fraction of sp³-hybridized carbons (Fsp3) is 0.407. The van der Waals surface area contributed by atoms with Gasteiger partial charge in [0.25, 0.3) is 5.91 Å². The molecule has 1 fully saturated rings. The van der Waals surface area contributed by atoms with E-state index in [0.717, 1.165) is 30.5 Å². The molecule has 1 aliphatic rings. The predicted octanol–water partition coefficient (Wildman–Crippen LogP) is 4.82. The van der Waals surface area contributed by atoms with E-state index in [0.29, 0.717) is 36.8 Å². The van der Waals surface area contributed by atoms with E-state index in [1.807, 2.05) is 4.90 Å². The molecule has 38 heavy (non-hydrogen) atoms. The lowest BCUT2D eigenvalue weighted by atomic mass is 10.1.